The molecular formula is C16H14N2. The fourth-order valence-corrected chi connectivity index (χ4v) is 2.05. The maximum absolute atomic E-state index is 4.62. The molecule has 18 heavy (non-hydrogen) atoms. The molecule has 0 amide bonds. The third kappa shape index (κ3) is 1.93. The van der Waals surface area contributed by atoms with Crippen LogP contribution in [0.3, 0.4) is 0 Å². The van der Waals surface area contributed by atoms with Crippen molar-refractivity contribution in [3.8, 4) is 11.3 Å². The molecule has 0 aliphatic heterocycles. The summed E-state index contributed by atoms with van der Waals surface area (Å²) in [7, 11) is 0. The molecule has 2 nitrogen and oxygen atoms in total. The van der Waals surface area contributed by atoms with E-state index >= 15 is 0 Å². The topological polar surface area (TPSA) is 17.3 Å². The molecule has 2 aromatic heterocycles. The summed E-state index contributed by atoms with van der Waals surface area (Å²) in [5.74, 6) is 0. The van der Waals surface area contributed by atoms with E-state index in [4.69, 9.17) is 0 Å². The zero-order chi connectivity index (χ0) is 12.4. The standard InChI is InChI=1S/C16H14N2/c1-2-6-13-9-10-16-17-15(12-18(16)11-13)14-7-4-3-5-8-14/h2-12H,1H3/b6-2+. The fraction of sp³-hybridized carbons (Fsp3) is 0.0625. The second-order valence-electron chi connectivity index (χ2n) is 4.22. The molecule has 0 aliphatic carbocycles. The summed E-state index contributed by atoms with van der Waals surface area (Å²) in [6.45, 7) is 2.02. The Hall–Kier alpha value is -2.35. The number of hydrogen-bond donors (Lipinski definition) is 0. The van der Waals surface area contributed by atoms with Gasteiger partial charge >= 0.3 is 0 Å². The Kier molecular flexibility index (Phi) is 2.69. The van der Waals surface area contributed by atoms with Crippen LogP contribution in [-0.4, -0.2) is 9.38 Å². The van der Waals surface area contributed by atoms with E-state index in [0.29, 0.717) is 0 Å². The predicted molar refractivity (Wildman–Crippen MR) is 75.3 cm³/mol. The second-order valence-corrected chi connectivity index (χ2v) is 4.22. The average Bonchev–Trinajstić information content (AvgIpc) is 2.83. The van der Waals surface area contributed by atoms with Gasteiger partial charge in [0.15, 0.2) is 0 Å². The third-order valence-electron chi connectivity index (χ3n) is 2.90. The molecule has 0 bridgehead atoms. The highest BCUT2D eigenvalue weighted by Gasteiger charge is 2.03. The molecule has 0 N–H and O–H groups in total. The highest BCUT2D eigenvalue weighted by molar-refractivity contribution is 5.63. The monoisotopic (exact) mass is 234 g/mol. The Morgan fingerprint density at radius 3 is 2.61 bits per heavy atom. The highest BCUT2D eigenvalue weighted by atomic mass is 15.0. The second kappa shape index (κ2) is 4.49. The van der Waals surface area contributed by atoms with Gasteiger partial charge in [-0.15, -0.1) is 0 Å². The zero-order valence-electron chi connectivity index (χ0n) is 10.2. The van der Waals surface area contributed by atoms with Gasteiger partial charge in [-0.2, -0.15) is 0 Å². The summed E-state index contributed by atoms with van der Waals surface area (Å²) >= 11 is 0. The largest absolute Gasteiger partial charge is 0.306 e. The first-order valence-corrected chi connectivity index (χ1v) is 6.04. The average molecular weight is 234 g/mol. The van der Waals surface area contributed by atoms with E-state index in [1.807, 2.05) is 37.3 Å². The molecule has 0 aliphatic rings. The van der Waals surface area contributed by atoms with Crippen molar-refractivity contribution in [2.45, 2.75) is 6.92 Å². The third-order valence-corrected chi connectivity index (χ3v) is 2.90. The van der Waals surface area contributed by atoms with E-state index in [0.717, 1.165) is 16.9 Å². The Morgan fingerprint density at radius 2 is 1.83 bits per heavy atom. The van der Waals surface area contributed by atoms with E-state index < -0.39 is 0 Å². The van der Waals surface area contributed by atoms with Gasteiger partial charge in [0, 0.05) is 18.0 Å². The summed E-state index contributed by atoms with van der Waals surface area (Å²) in [5, 5.41) is 0. The number of allylic oxidation sites excluding steroid dienone is 1. The van der Waals surface area contributed by atoms with Crippen molar-refractivity contribution in [2.24, 2.45) is 0 Å². The van der Waals surface area contributed by atoms with Gasteiger partial charge in [0.1, 0.15) is 5.65 Å². The van der Waals surface area contributed by atoms with Crippen molar-refractivity contribution in [1.29, 1.82) is 0 Å². The van der Waals surface area contributed by atoms with Crippen molar-refractivity contribution in [1.82, 2.24) is 9.38 Å². The number of nitrogens with zero attached hydrogens (tertiary/aromatic N) is 2. The maximum Gasteiger partial charge on any atom is 0.137 e. The van der Waals surface area contributed by atoms with E-state index in [2.05, 4.69) is 46.1 Å². The molecule has 0 unspecified atom stereocenters. The van der Waals surface area contributed by atoms with E-state index in [1.165, 1.54) is 5.56 Å². The number of fused-ring (bicyclic) bond motifs is 1. The highest BCUT2D eigenvalue weighted by Crippen LogP contribution is 2.19. The van der Waals surface area contributed by atoms with Crippen LogP contribution in [0.1, 0.15) is 12.5 Å². The lowest BCUT2D eigenvalue weighted by Crippen LogP contribution is -1.83. The SMILES string of the molecule is C/C=C/c1ccc2nc(-c3ccccc3)cn2c1. The van der Waals surface area contributed by atoms with E-state index in [1.54, 1.807) is 0 Å². The minimum atomic E-state index is 0.974. The predicted octanol–water partition coefficient (Wildman–Crippen LogP) is 4.03. The fourth-order valence-electron chi connectivity index (χ4n) is 2.05. The van der Waals surface area contributed by atoms with Crippen LogP contribution in [0.25, 0.3) is 23.0 Å². The van der Waals surface area contributed by atoms with Gasteiger partial charge < -0.3 is 4.40 Å². The number of aromatic nitrogens is 2. The van der Waals surface area contributed by atoms with Crippen LogP contribution < -0.4 is 0 Å². The lowest BCUT2D eigenvalue weighted by atomic mass is 10.2. The Morgan fingerprint density at radius 1 is 1.00 bits per heavy atom. The molecular weight excluding hydrogens is 220 g/mol. The first kappa shape index (κ1) is 10.8. The Balaban J connectivity index is 2.11. The lowest BCUT2D eigenvalue weighted by molar-refractivity contribution is 1.18. The maximum atomic E-state index is 4.62. The van der Waals surface area contributed by atoms with Gasteiger partial charge in [0.25, 0.3) is 0 Å². The number of pyridine rings is 1. The molecule has 1 aromatic carbocycles. The molecule has 0 saturated carbocycles. The summed E-state index contributed by atoms with van der Waals surface area (Å²) in [6.07, 6.45) is 8.28. The first-order chi connectivity index (χ1) is 8.86. The quantitative estimate of drug-likeness (QED) is 0.654. The normalized spacial score (nSPS) is 11.4. The Bertz CT molecular complexity index is 693. The summed E-state index contributed by atoms with van der Waals surface area (Å²) in [5.41, 5.74) is 4.31. The molecule has 0 saturated heterocycles. The molecule has 88 valence electrons. The van der Waals surface area contributed by atoms with Crippen molar-refractivity contribution in [2.75, 3.05) is 0 Å². The van der Waals surface area contributed by atoms with Gasteiger partial charge in [-0.3, -0.25) is 0 Å². The zero-order valence-corrected chi connectivity index (χ0v) is 10.2. The molecule has 0 radical (unpaired) electrons. The van der Waals surface area contributed by atoms with Gasteiger partial charge in [-0.25, -0.2) is 4.98 Å². The van der Waals surface area contributed by atoms with Crippen molar-refractivity contribution in [3.63, 3.8) is 0 Å². The number of benzene rings is 1. The van der Waals surface area contributed by atoms with Crippen LogP contribution in [0.2, 0.25) is 0 Å². The van der Waals surface area contributed by atoms with Gasteiger partial charge in [0.05, 0.1) is 5.69 Å². The Labute approximate surface area is 106 Å². The van der Waals surface area contributed by atoms with Crippen LogP contribution in [0, 0.1) is 0 Å². The number of rotatable bonds is 2. The minimum Gasteiger partial charge on any atom is -0.306 e. The first-order valence-electron chi connectivity index (χ1n) is 6.04. The van der Waals surface area contributed by atoms with Crippen LogP contribution in [0.5, 0.6) is 0 Å². The van der Waals surface area contributed by atoms with Gasteiger partial charge in [-0.1, -0.05) is 42.5 Å². The number of imidazole rings is 1. The van der Waals surface area contributed by atoms with Crippen molar-refractivity contribution >= 4 is 11.7 Å². The molecule has 3 rings (SSSR count). The number of hydrogen-bond acceptors (Lipinski definition) is 1. The van der Waals surface area contributed by atoms with Crippen LogP contribution in [-0.2, 0) is 0 Å². The molecule has 0 atom stereocenters. The summed E-state index contributed by atoms with van der Waals surface area (Å²) < 4.78 is 2.07. The smallest absolute Gasteiger partial charge is 0.137 e. The minimum absolute atomic E-state index is 0.974. The summed E-state index contributed by atoms with van der Waals surface area (Å²) in [6, 6.07) is 14.4. The van der Waals surface area contributed by atoms with Crippen molar-refractivity contribution < 1.29 is 0 Å². The van der Waals surface area contributed by atoms with Crippen molar-refractivity contribution in [3.05, 3.63) is 66.5 Å². The van der Waals surface area contributed by atoms with Crippen LogP contribution >= 0.6 is 0 Å². The van der Waals surface area contributed by atoms with E-state index in [9.17, 15) is 0 Å². The molecule has 0 spiro atoms. The lowest BCUT2D eigenvalue weighted by Gasteiger charge is -1.95. The molecule has 0 fully saturated rings. The summed E-state index contributed by atoms with van der Waals surface area (Å²) in [4.78, 5) is 4.62. The van der Waals surface area contributed by atoms with Gasteiger partial charge in [-0.05, 0) is 24.6 Å². The molecule has 2 heteroatoms. The van der Waals surface area contributed by atoms with E-state index in [-0.39, 0.29) is 0 Å². The molecule has 3 aromatic rings. The van der Waals surface area contributed by atoms with Crippen LogP contribution in [0.4, 0.5) is 0 Å². The molecule has 2 heterocycles. The van der Waals surface area contributed by atoms with Gasteiger partial charge in [0.2, 0.25) is 0 Å². The van der Waals surface area contributed by atoms with Crippen LogP contribution in [0.15, 0.2) is 60.9 Å².